The number of hydrogen-bond acceptors (Lipinski definition) is 2. The molecular formula is C12H22O2. The molecule has 82 valence electrons. The Hall–Kier alpha value is -0.340. The average molecular weight is 198 g/mol. The van der Waals surface area contributed by atoms with Gasteiger partial charge in [-0.15, -0.1) is 0 Å². The summed E-state index contributed by atoms with van der Waals surface area (Å²) in [7, 11) is 1.74. The maximum atomic E-state index is 5.61. The third-order valence-electron chi connectivity index (χ3n) is 2.57. The fourth-order valence-electron chi connectivity index (χ4n) is 1.71. The largest absolute Gasteiger partial charge is 0.385 e. The van der Waals surface area contributed by atoms with E-state index in [9.17, 15) is 0 Å². The van der Waals surface area contributed by atoms with Gasteiger partial charge in [-0.05, 0) is 32.1 Å². The van der Waals surface area contributed by atoms with Gasteiger partial charge in [-0.25, -0.2) is 0 Å². The van der Waals surface area contributed by atoms with Crippen molar-refractivity contribution in [2.45, 2.75) is 32.1 Å². The van der Waals surface area contributed by atoms with Crippen LogP contribution in [-0.4, -0.2) is 26.9 Å². The van der Waals surface area contributed by atoms with Crippen molar-refractivity contribution in [1.82, 2.24) is 0 Å². The minimum atomic E-state index is 0.672. The molecule has 2 heteroatoms. The Kier molecular flexibility index (Phi) is 6.71. The van der Waals surface area contributed by atoms with Gasteiger partial charge in [0.1, 0.15) is 0 Å². The summed E-state index contributed by atoms with van der Waals surface area (Å²) in [4.78, 5) is 0. The van der Waals surface area contributed by atoms with Crippen molar-refractivity contribution in [1.29, 1.82) is 0 Å². The molecule has 0 aromatic carbocycles. The highest BCUT2D eigenvalue weighted by Crippen LogP contribution is 2.16. The standard InChI is InChI=1S/C12H22O2/c1-13-9-5-6-10-14-11-12-7-3-2-4-8-12/h3,7,12H,2,4-6,8-11H2,1H3. The molecule has 1 aliphatic carbocycles. The Balaban J connectivity index is 1.88. The minimum Gasteiger partial charge on any atom is -0.385 e. The number of hydrogen-bond donors (Lipinski definition) is 0. The van der Waals surface area contributed by atoms with Gasteiger partial charge in [0.2, 0.25) is 0 Å². The maximum absolute atomic E-state index is 5.61. The predicted octanol–water partition coefficient (Wildman–Crippen LogP) is 2.79. The van der Waals surface area contributed by atoms with Gasteiger partial charge in [0.25, 0.3) is 0 Å². The molecule has 0 saturated heterocycles. The lowest BCUT2D eigenvalue weighted by Crippen LogP contribution is -2.10. The first kappa shape index (κ1) is 11.7. The Morgan fingerprint density at radius 3 is 2.86 bits per heavy atom. The predicted molar refractivity (Wildman–Crippen MR) is 58.4 cm³/mol. The van der Waals surface area contributed by atoms with Gasteiger partial charge >= 0.3 is 0 Å². The average Bonchev–Trinajstić information content (AvgIpc) is 2.25. The van der Waals surface area contributed by atoms with E-state index in [1.165, 1.54) is 19.3 Å². The third kappa shape index (κ3) is 5.40. The number of ether oxygens (including phenoxy) is 2. The van der Waals surface area contributed by atoms with E-state index in [0.717, 1.165) is 32.7 Å². The van der Waals surface area contributed by atoms with E-state index in [0.29, 0.717) is 5.92 Å². The normalized spacial score (nSPS) is 21.4. The van der Waals surface area contributed by atoms with Crippen LogP contribution in [0.2, 0.25) is 0 Å². The molecule has 0 aliphatic heterocycles. The summed E-state index contributed by atoms with van der Waals surface area (Å²) in [6.07, 6.45) is 10.7. The van der Waals surface area contributed by atoms with Crippen LogP contribution in [0.25, 0.3) is 0 Å². The summed E-state index contributed by atoms with van der Waals surface area (Å²) in [5.74, 6) is 0.672. The van der Waals surface area contributed by atoms with Crippen LogP contribution >= 0.6 is 0 Å². The van der Waals surface area contributed by atoms with Gasteiger partial charge in [0.15, 0.2) is 0 Å². The molecule has 0 fully saturated rings. The van der Waals surface area contributed by atoms with Gasteiger partial charge < -0.3 is 9.47 Å². The van der Waals surface area contributed by atoms with Crippen molar-refractivity contribution in [3.05, 3.63) is 12.2 Å². The van der Waals surface area contributed by atoms with E-state index in [4.69, 9.17) is 9.47 Å². The zero-order valence-corrected chi connectivity index (χ0v) is 9.21. The van der Waals surface area contributed by atoms with Crippen molar-refractivity contribution >= 4 is 0 Å². The zero-order valence-electron chi connectivity index (χ0n) is 9.21. The SMILES string of the molecule is COCCCCOCC1C=CCCC1. The lowest BCUT2D eigenvalue weighted by atomic mass is 9.97. The topological polar surface area (TPSA) is 18.5 Å². The third-order valence-corrected chi connectivity index (χ3v) is 2.57. The molecule has 0 spiro atoms. The first-order valence-electron chi connectivity index (χ1n) is 5.67. The molecule has 0 heterocycles. The summed E-state index contributed by atoms with van der Waals surface area (Å²) in [5, 5.41) is 0. The van der Waals surface area contributed by atoms with Crippen LogP contribution < -0.4 is 0 Å². The number of allylic oxidation sites excluding steroid dienone is 1. The molecule has 1 atom stereocenters. The Bertz CT molecular complexity index is 154. The molecule has 0 saturated carbocycles. The second kappa shape index (κ2) is 8.01. The van der Waals surface area contributed by atoms with E-state index in [1.807, 2.05) is 0 Å². The lowest BCUT2D eigenvalue weighted by Gasteiger charge is -2.16. The zero-order chi connectivity index (χ0) is 10.1. The second-order valence-electron chi connectivity index (χ2n) is 3.89. The molecule has 0 aromatic rings. The van der Waals surface area contributed by atoms with E-state index in [2.05, 4.69) is 12.2 Å². The van der Waals surface area contributed by atoms with E-state index >= 15 is 0 Å². The molecule has 0 radical (unpaired) electrons. The fourth-order valence-corrected chi connectivity index (χ4v) is 1.71. The number of methoxy groups -OCH3 is 1. The van der Waals surface area contributed by atoms with E-state index < -0.39 is 0 Å². The molecule has 1 rings (SSSR count). The molecule has 0 amide bonds. The molecule has 0 bridgehead atoms. The molecule has 14 heavy (non-hydrogen) atoms. The molecular weight excluding hydrogens is 176 g/mol. The Labute approximate surface area is 87.3 Å². The number of rotatable bonds is 7. The van der Waals surface area contributed by atoms with Gasteiger partial charge in [-0.2, -0.15) is 0 Å². The van der Waals surface area contributed by atoms with Crippen molar-refractivity contribution in [3.63, 3.8) is 0 Å². The summed E-state index contributed by atoms with van der Waals surface area (Å²) >= 11 is 0. The van der Waals surface area contributed by atoms with Crippen LogP contribution in [0.1, 0.15) is 32.1 Å². The highest BCUT2D eigenvalue weighted by molar-refractivity contribution is 4.92. The fraction of sp³-hybridized carbons (Fsp3) is 0.833. The molecule has 2 nitrogen and oxygen atoms in total. The highest BCUT2D eigenvalue weighted by Gasteiger charge is 2.07. The van der Waals surface area contributed by atoms with E-state index in [1.54, 1.807) is 7.11 Å². The summed E-state index contributed by atoms with van der Waals surface area (Å²) in [6.45, 7) is 2.64. The van der Waals surface area contributed by atoms with Crippen molar-refractivity contribution < 1.29 is 9.47 Å². The molecule has 1 unspecified atom stereocenters. The van der Waals surface area contributed by atoms with Gasteiger partial charge in [0, 0.05) is 26.2 Å². The quantitative estimate of drug-likeness (QED) is 0.462. The van der Waals surface area contributed by atoms with Gasteiger partial charge in [-0.3, -0.25) is 0 Å². The second-order valence-corrected chi connectivity index (χ2v) is 3.89. The molecule has 1 aliphatic rings. The maximum Gasteiger partial charge on any atom is 0.0528 e. The molecule has 0 aromatic heterocycles. The van der Waals surface area contributed by atoms with Crippen LogP contribution in [0.5, 0.6) is 0 Å². The van der Waals surface area contributed by atoms with Crippen LogP contribution in [0.4, 0.5) is 0 Å². The van der Waals surface area contributed by atoms with Gasteiger partial charge in [-0.1, -0.05) is 12.2 Å². The van der Waals surface area contributed by atoms with Crippen LogP contribution in [0.15, 0.2) is 12.2 Å². The molecule has 0 N–H and O–H groups in total. The lowest BCUT2D eigenvalue weighted by molar-refractivity contribution is 0.0977. The van der Waals surface area contributed by atoms with Crippen LogP contribution in [0.3, 0.4) is 0 Å². The Morgan fingerprint density at radius 1 is 1.29 bits per heavy atom. The summed E-state index contributed by atoms with van der Waals surface area (Å²) < 4.78 is 10.6. The minimum absolute atomic E-state index is 0.672. The van der Waals surface area contributed by atoms with Crippen molar-refractivity contribution in [3.8, 4) is 0 Å². The Morgan fingerprint density at radius 2 is 2.14 bits per heavy atom. The first-order chi connectivity index (χ1) is 6.93. The summed E-state index contributed by atoms with van der Waals surface area (Å²) in [6, 6.07) is 0. The number of unbranched alkanes of at least 4 members (excludes halogenated alkanes) is 1. The van der Waals surface area contributed by atoms with Gasteiger partial charge in [0.05, 0.1) is 6.61 Å². The van der Waals surface area contributed by atoms with Crippen LogP contribution in [0, 0.1) is 5.92 Å². The highest BCUT2D eigenvalue weighted by atomic mass is 16.5. The van der Waals surface area contributed by atoms with Crippen molar-refractivity contribution in [2.24, 2.45) is 5.92 Å². The monoisotopic (exact) mass is 198 g/mol. The summed E-state index contributed by atoms with van der Waals surface area (Å²) in [5.41, 5.74) is 0. The van der Waals surface area contributed by atoms with Crippen LogP contribution in [-0.2, 0) is 9.47 Å². The smallest absolute Gasteiger partial charge is 0.0528 e. The van der Waals surface area contributed by atoms with Crippen molar-refractivity contribution in [2.75, 3.05) is 26.9 Å². The van der Waals surface area contributed by atoms with E-state index in [-0.39, 0.29) is 0 Å². The first-order valence-corrected chi connectivity index (χ1v) is 5.67.